The van der Waals surface area contributed by atoms with Crippen molar-refractivity contribution in [2.75, 3.05) is 0 Å². The summed E-state index contributed by atoms with van der Waals surface area (Å²) in [4.78, 5) is 14.6. The monoisotopic (exact) mass is 574 g/mol. The Morgan fingerprint density at radius 3 is 1.98 bits per heavy atom. The molecular formula is C39H24N4O. The minimum absolute atomic E-state index is 0.0573. The average Bonchev–Trinajstić information content (AvgIpc) is 3.79. The van der Waals surface area contributed by atoms with E-state index in [9.17, 15) is 2.74 Å². The maximum Gasteiger partial charge on any atom is 0.238 e. The Morgan fingerprint density at radius 1 is 0.500 bits per heavy atom. The van der Waals surface area contributed by atoms with E-state index in [-0.39, 0.29) is 73.4 Å². The molecule has 0 spiro atoms. The van der Waals surface area contributed by atoms with Crippen LogP contribution in [-0.2, 0) is 0 Å². The van der Waals surface area contributed by atoms with Gasteiger partial charge in [-0.2, -0.15) is 9.97 Å². The first-order valence-electron chi connectivity index (χ1n) is 18.8. The van der Waals surface area contributed by atoms with Crippen LogP contribution < -0.4 is 0 Å². The zero-order valence-electron chi connectivity index (χ0n) is 32.8. The van der Waals surface area contributed by atoms with Crippen LogP contribution in [0.25, 0.3) is 83.6 Å². The van der Waals surface area contributed by atoms with Gasteiger partial charge in [-0.25, -0.2) is 4.98 Å². The molecule has 9 aromatic rings. The van der Waals surface area contributed by atoms with Crippen LogP contribution in [0.5, 0.6) is 0 Å². The second-order valence-electron chi connectivity index (χ2n) is 10.1. The molecule has 6 aromatic carbocycles. The topological polar surface area (TPSA) is 56.7 Å². The van der Waals surface area contributed by atoms with Gasteiger partial charge in [0.05, 0.1) is 24.7 Å². The van der Waals surface area contributed by atoms with E-state index >= 15 is 0 Å². The zero-order chi connectivity index (χ0) is 37.7. The summed E-state index contributed by atoms with van der Waals surface area (Å²) in [5.74, 6) is 0.364. The van der Waals surface area contributed by atoms with Crippen molar-refractivity contribution in [1.82, 2.24) is 19.5 Å². The van der Waals surface area contributed by atoms with Crippen LogP contribution in [0.4, 0.5) is 0 Å². The summed E-state index contributed by atoms with van der Waals surface area (Å²) < 4.78 is 95.4. The Bertz CT molecular complexity index is 3060. The molecule has 0 saturated carbocycles. The summed E-state index contributed by atoms with van der Waals surface area (Å²) in [6.07, 6.45) is 0. The summed E-state index contributed by atoms with van der Waals surface area (Å²) in [7, 11) is 0. The molecule has 0 aliphatic carbocycles. The van der Waals surface area contributed by atoms with E-state index in [2.05, 4.69) is 0 Å². The van der Waals surface area contributed by atoms with Crippen molar-refractivity contribution in [2.45, 2.75) is 0 Å². The lowest BCUT2D eigenvalue weighted by molar-refractivity contribution is 0.669. The van der Waals surface area contributed by atoms with Crippen molar-refractivity contribution in [1.29, 1.82) is 0 Å². The Kier molecular flexibility index (Phi) is 3.66. The number of rotatable bonds is 4. The fourth-order valence-electron chi connectivity index (χ4n) is 5.47. The van der Waals surface area contributed by atoms with Gasteiger partial charge < -0.3 is 4.42 Å². The van der Waals surface area contributed by atoms with Gasteiger partial charge in [-0.15, -0.1) is 0 Å². The van der Waals surface area contributed by atoms with Crippen molar-refractivity contribution >= 4 is 43.7 Å². The van der Waals surface area contributed by atoms with Gasteiger partial charge in [-0.1, -0.05) is 115 Å². The van der Waals surface area contributed by atoms with Gasteiger partial charge in [-0.3, -0.25) is 4.57 Å². The molecule has 0 unspecified atom stereocenters. The van der Waals surface area contributed by atoms with Gasteiger partial charge in [-0.05, 0) is 41.4 Å². The second-order valence-corrected chi connectivity index (χ2v) is 10.1. The summed E-state index contributed by atoms with van der Waals surface area (Å²) in [6.45, 7) is 0. The van der Waals surface area contributed by atoms with Gasteiger partial charge in [0.2, 0.25) is 5.95 Å². The minimum Gasteiger partial charge on any atom is -0.456 e. The first-order chi connectivity index (χ1) is 26.0. The Morgan fingerprint density at radius 2 is 1.16 bits per heavy atom. The molecular weight excluding hydrogens is 540 g/mol. The van der Waals surface area contributed by atoms with Gasteiger partial charge in [0.1, 0.15) is 11.2 Å². The molecule has 3 heterocycles. The van der Waals surface area contributed by atoms with Crippen LogP contribution in [0, 0.1) is 0 Å². The van der Waals surface area contributed by atoms with Gasteiger partial charge >= 0.3 is 0 Å². The molecule has 3 aromatic heterocycles. The molecule has 0 bridgehead atoms. The molecule has 0 radical (unpaired) electrons. The normalized spacial score (nSPS) is 14.8. The molecule has 0 fully saturated rings. The first-order valence-corrected chi connectivity index (χ1v) is 13.8. The van der Waals surface area contributed by atoms with E-state index in [1.165, 1.54) is 4.57 Å². The number of para-hydroxylation sites is 2. The number of furan rings is 1. The number of fused-ring (bicyclic) bond motifs is 6. The fraction of sp³-hybridized carbons (Fsp3) is 0. The lowest BCUT2D eigenvalue weighted by Crippen LogP contribution is -2.06. The van der Waals surface area contributed by atoms with Crippen molar-refractivity contribution in [3.63, 3.8) is 0 Å². The maximum atomic E-state index is 9.64. The SMILES string of the molecule is [2H]c1c([2H])c([2H])c2c(oc3c([2H])c4c5c([2H])c([2H])c([2H])c([2H])c5n(-c5nc(-c6ccccc6)nc(-c6cccc(-c7ccccc7)c6)n5)c4c([2H])c32)c1[2H]. The standard InChI is InChI=1S/C39H24N4O/c1-3-12-25(13-4-1)27-16-11-17-28(22-27)38-40-37(26-14-5-2-6-15-26)41-39(42-38)43-33-20-9-7-18-29(33)31-24-36-32(23-34(31)43)30-19-8-10-21-35(30)44-36/h1-24H/i7D,8D,9D,10D,18D,19D,20D,21D,23D,24D. The number of hydrogen-bond donors (Lipinski definition) is 0. The van der Waals surface area contributed by atoms with E-state index in [1.807, 2.05) is 84.9 Å². The minimum atomic E-state index is -0.555. The molecule has 9 rings (SSSR count). The number of aromatic nitrogens is 4. The first kappa shape index (κ1) is 16.5. The third-order valence-corrected chi connectivity index (χ3v) is 7.50. The predicted octanol–water partition coefficient (Wildman–Crippen LogP) is 9.87. The highest BCUT2D eigenvalue weighted by molar-refractivity contribution is 6.16. The van der Waals surface area contributed by atoms with E-state index < -0.39 is 48.3 Å². The van der Waals surface area contributed by atoms with Crippen molar-refractivity contribution in [2.24, 2.45) is 0 Å². The molecule has 0 N–H and O–H groups in total. The summed E-state index contributed by atoms with van der Waals surface area (Å²) >= 11 is 0. The van der Waals surface area contributed by atoms with Crippen LogP contribution in [0.1, 0.15) is 13.7 Å². The molecule has 0 atom stereocenters. The van der Waals surface area contributed by atoms with Crippen molar-refractivity contribution in [3.05, 3.63) is 145 Å². The van der Waals surface area contributed by atoms with Crippen LogP contribution in [-0.4, -0.2) is 19.5 Å². The summed E-state index contributed by atoms with van der Waals surface area (Å²) in [5.41, 5.74) is 2.47. The highest BCUT2D eigenvalue weighted by atomic mass is 16.3. The third kappa shape index (κ3) is 3.91. The Labute approximate surface area is 266 Å². The van der Waals surface area contributed by atoms with Gasteiger partial charge in [0.25, 0.3) is 0 Å². The lowest BCUT2D eigenvalue weighted by atomic mass is 10.0. The van der Waals surface area contributed by atoms with E-state index in [1.54, 1.807) is 0 Å². The molecule has 5 nitrogen and oxygen atoms in total. The smallest absolute Gasteiger partial charge is 0.238 e. The van der Waals surface area contributed by atoms with E-state index in [4.69, 9.17) is 30.3 Å². The maximum absolute atomic E-state index is 9.64. The number of hydrogen-bond acceptors (Lipinski definition) is 4. The third-order valence-electron chi connectivity index (χ3n) is 7.50. The summed E-state index contributed by atoms with van der Waals surface area (Å²) in [5, 5.41) is -0.322. The molecule has 0 amide bonds. The number of nitrogens with zero attached hydrogens (tertiary/aromatic N) is 4. The largest absolute Gasteiger partial charge is 0.456 e. The van der Waals surface area contributed by atoms with Crippen LogP contribution in [0.15, 0.2) is 150 Å². The molecule has 44 heavy (non-hydrogen) atoms. The van der Waals surface area contributed by atoms with Crippen LogP contribution >= 0.6 is 0 Å². The highest BCUT2D eigenvalue weighted by Crippen LogP contribution is 2.38. The van der Waals surface area contributed by atoms with E-state index in [0.29, 0.717) is 11.1 Å². The average molecular weight is 575 g/mol. The summed E-state index contributed by atoms with van der Waals surface area (Å²) in [6, 6.07) is 21.7. The second kappa shape index (κ2) is 9.75. The molecule has 206 valence electrons. The highest BCUT2D eigenvalue weighted by Gasteiger charge is 2.20. The lowest BCUT2D eigenvalue weighted by Gasteiger charge is -2.11. The predicted molar refractivity (Wildman–Crippen MR) is 178 cm³/mol. The van der Waals surface area contributed by atoms with E-state index in [0.717, 1.165) is 11.1 Å². The quantitative estimate of drug-likeness (QED) is 0.210. The molecule has 0 aliphatic heterocycles. The van der Waals surface area contributed by atoms with Crippen molar-refractivity contribution in [3.8, 4) is 39.9 Å². The zero-order valence-corrected chi connectivity index (χ0v) is 22.8. The Hall–Kier alpha value is -6.07. The van der Waals surface area contributed by atoms with Crippen LogP contribution in [0.3, 0.4) is 0 Å². The Balaban J connectivity index is 1.47. The van der Waals surface area contributed by atoms with Crippen molar-refractivity contribution < 1.29 is 18.1 Å². The molecule has 0 aliphatic rings. The fourth-order valence-corrected chi connectivity index (χ4v) is 5.47. The van der Waals surface area contributed by atoms with Crippen LogP contribution in [0.2, 0.25) is 0 Å². The van der Waals surface area contributed by atoms with Gasteiger partial charge in [0.15, 0.2) is 11.6 Å². The molecule has 0 saturated heterocycles. The number of benzene rings is 6. The van der Waals surface area contributed by atoms with Gasteiger partial charge in [0, 0.05) is 32.7 Å². The molecule has 5 heteroatoms.